The van der Waals surface area contributed by atoms with Gasteiger partial charge in [0.25, 0.3) is 5.91 Å². The van der Waals surface area contributed by atoms with Gasteiger partial charge in [-0.15, -0.1) is 0 Å². The molecule has 2 aromatic carbocycles. The van der Waals surface area contributed by atoms with Crippen molar-refractivity contribution >= 4 is 36.6 Å². The van der Waals surface area contributed by atoms with Crippen LogP contribution in [0.4, 0.5) is 5.95 Å². The minimum atomic E-state index is -4.66. The highest BCUT2D eigenvalue weighted by molar-refractivity contribution is 7.46. The van der Waals surface area contributed by atoms with Gasteiger partial charge in [0.15, 0.2) is 0 Å². The number of rotatable bonds is 9. The number of amides is 2. The maximum absolute atomic E-state index is 13.0. The Kier molecular flexibility index (Phi) is 7.03. The van der Waals surface area contributed by atoms with Gasteiger partial charge in [0, 0.05) is 19.2 Å². The van der Waals surface area contributed by atoms with E-state index in [1.165, 1.54) is 36.1 Å². The molecule has 0 unspecified atom stereocenters. The maximum atomic E-state index is 13.0. The standard InChI is InChI=1S/C23H25N6O7P/c1-13-10-18(28(2)27-13)22(31)26-23-25-17-11-15(21(24)30)12-19(35-3)20(17)29(23)9-8-14-4-6-16(7-5-14)36-37(32,33)34/h4-7,10-12H,8-9H2,1-3H3,(H2,24,30)(H,25,26,31)(H2,32,33,34). The van der Waals surface area contributed by atoms with Crippen LogP contribution in [-0.2, 0) is 24.6 Å². The third-order valence-electron chi connectivity index (χ3n) is 5.54. The first-order chi connectivity index (χ1) is 17.4. The van der Waals surface area contributed by atoms with E-state index in [0.717, 1.165) is 5.56 Å². The first-order valence-electron chi connectivity index (χ1n) is 11.0. The highest BCUT2D eigenvalue weighted by Crippen LogP contribution is 2.37. The molecule has 2 heterocycles. The average Bonchev–Trinajstić information content (AvgIpc) is 3.35. The molecule has 0 aliphatic heterocycles. The lowest BCUT2D eigenvalue weighted by atomic mass is 10.1. The second kappa shape index (κ2) is 10.1. The molecule has 0 bridgehead atoms. The van der Waals surface area contributed by atoms with Gasteiger partial charge in [-0.25, -0.2) is 9.55 Å². The predicted molar refractivity (Wildman–Crippen MR) is 134 cm³/mol. The van der Waals surface area contributed by atoms with Gasteiger partial charge in [-0.1, -0.05) is 12.1 Å². The molecule has 0 aliphatic rings. The van der Waals surface area contributed by atoms with Crippen LogP contribution in [0.3, 0.4) is 0 Å². The molecule has 0 saturated carbocycles. The number of imidazole rings is 1. The number of phosphoric ester groups is 1. The molecule has 13 nitrogen and oxygen atoms in total. The summed E-state index contributed by atoms with van der Waals surface area (Å²) in [5.74, 6) is -0.470. The van der Waals surface area contributed by atoms with Crippen molar-refractivity contribution in [2.75, 3.05) is 12.4 Å². The molecule has 37 heavy (non-hydrogen) atoms. The van der Waals surface area contributed by atoms with Gasteiger partial charge in [-0.2, -0.15) is 5.10 Å². The number of primary amides is 1. The largest absolute Gasteiger partial charge is 0.524 e. The number of fused-ring (bicyclic) bond motifs is 1. The van der Waals surface area contributed by atoms with E-state index in [1.807, 2.05) is 0 Å². The molecular formula is C23H25N6O7P. The van der Waals surface area contributed by atoms with Crippen LogP contribution in [0, 0.1) is 6.92 Å². The van der Waals surface area contributed by atoms with Crippen LogP contribution in [0.25, 0.3) is 11.0 Å². The van der Waals surface area contributed by atoms with Crippen molar-refractivity contribution in [2.45, 2.75) is 19.9 Å². The van der Waals surface area contributed by atoms with Crippen molar-refractivity contribution in [3.05, 3.63) is 65.0 Å². The first kappa shape index (κ1) is 25.9. The number of phosphoric acid groups is 1. The summed E-state index contributed by atoms with van der Waals surface area (Å²) in [5, 5.41) is 7.02. The Balaban J connectivity index is 1.70. The summed E-state index contributed by atoms with van der Waals surface area (Å²) in [4.78, 5) is 47.3. The van der Waals surface area contributed by atoms with Crippen molar-refractivity contribution < 1.29 is 33.2 Å². The van der Waals surface area contributed by atoms with E-state index >= 15 is 0 Å². The molecule has 0 atom stereocenters. The number of aromatic nitrogens is 4. The Morgan fingerprint density at radius 1 is 1.16 bits per heavy atom. The molecule has 0 radical (unpaired) electrons. The van der Waals surface area contributed by atoms with E-state index in [-0.39, 0.29) is 17.3 Å². The molecule has 0 saturated heterocycles. The second-order valence-electron chi connectivity index (χ2n) is 8.22. The first-order valence-corrected chi connectivity index (χ1v) is 12.5. The summed E-state index contributed by atoms with van der Waals surface area (Å²) in [5.41, 5.74) is 8.46. The third kappa shape index (κ3) is 5.80. The van der Waals surface area contributed by atoms with E-state index in [2.05, 4.69) is 19.9 Å². The zero-order chi connectivity index (χ0) is 26.9. The molecule has 194 valence electrons. The monoisotopic (exact) mass is 528 g/mol. The van der Waals surface area contributed by atoms with Crippen LogP contribution >= 0.6 is 7.82 Å². The SMILES string of the molecule is COc1cc(C(N)=O)cc2nc(NC(=O)c3cc(C)nn3C)n(CCc3ccc(OP(=O)(O)O)cc3)c12. The smallest absolute Gasteiger partial charge is 0.494 e. The van der Waals surface area contributed by atoms with Gasteiger partial charge in [-0.05, 0) is 49.2 Å². The van der Waals surface area contributed by atoms with E-state index in [0.29, 0.717) is 41.1 Å². The molecule has 2 aromatic heterocycles. The van der Waals surface area contributed by atoms with Crippen molar-refractivity contribution in [1.29, 1.82) is 0 Å². The van der Waals surface area contributed by atoms with Crippen molar-refractivity contribution in [1.82, 2.24) is 19.3 Å². The summed E-state index contributed by atoms with van der Waals surface area (Å²) in [6.07, 6.45) is 0.454. The fourth-order valence-electron chi connectivity index (χ4n) is 3.92. The van der Waals surface area contributed by atoms with Crippen LogP contribution in [0.2, 0.25) is 0 Å². The van der Waals surface area contributed by atoms with Crippen molar-refractivity contribution in [3.8, 4) is 11.5 Å². The average molecular weight is 528 g/mol. The Labute approximate surface area is 211 Å². The zero-order valence-corrected chi connectivity index (χ0v) is 21.1. The fraction of sp³-hybridized carbons (Fsp3) is 0.217. The normalized spacial score (nSPS) is 11.5. The van der Waals surface area contributed by atoms with Gasteiger partial charge in [0.2, 0.25) is 11.9 Å². The lowest BCUT2D eigenvalue weighted by Crippen LogP contribution is -2.19. The molecule has 0 spiro atoms. The molecular weight excluding hydrogens is 503 g/mol. The van der Waals surface area contributed by atoms with E-state index in [1.54, 1.807) is 36.7 Å². The number of ether oxygens (including phenoxy) is 1. The number of hydrogen-bond acceptors (Lipinski definition) is 7. The number of methoxy groups -OCH3 is 1. The molecule has 14 heteroatoms. The fourth-order valence-corrected chi connectivity index (χ4v) is 4.32. The summed E-state index contributed by atoms with van der Waals surface area (Å²) in [6, 6.07) is 10.9. The van der Waals surface area contributed by atoms with E-state index < -0.39 is 19.6 Å². The highest BCUT2D eigenvalue weighted by atomic mass is 31.2. The highest BCUT2D eigenvalue weighted by Gasteiger charge is 2.21. The van der Waals surface area contributed by atoms with Crippen molar-refractivity contribution in [2.24, 2.45) is 12.8 Å². The number of nitrogens with two attached hydrogens (primary N) is 1. The number of hydrogen-bond donors (Lipinski definition) is 4. The molecule has 4 aromatic rings. The number of carbonyl (C=O) groups excluding carboxylic acids is 2. The lowest BCUT2D eigenvalue weighted by molar-refractivity contribution is 0.0996. The Hall–Kier alpha value is -4.19. The summed E-state index contributed by atoms with van der Waals surface area (Å²) in [7, 11) is -1.55. The van der Waals surface area contributed by atoms with Crippen LogP contribution in [0.1, 0.15) is 32.1 Å². The number of nitrogens with zero attached hydrogens (tertiary/aromatic N) is 4. The van der Waals surface area contributed by atoms with Crippen LogP contribution < -0.4 is 20.3 Å². The molecule has 2 amide bonds. The van der Waals surface area contributed by atoms with Gasteiger partial charge in [0.05, 0.1) is 18.3 Å². The number of benzene rings is 2. The van der Waals surface area contributed by atoms with Crippen LogP contribution in [0.15, 0.2) is 42.5 Å². The Morgan fingerprint density at radius 2 is 1.86 bits per heavy atom. The lowest BCUT2D eigenvalue weighted by Gasteiger charge is -2.13. The predicted octanol–water partition coefficient (Wildman–Crippen LogP) is 2.15. The topological polar surface area (TPSA) is 184 Å². The molecule has 0 fully saturated rings. The van der Waals surface area contributed by atoms with Gasteiger partial charge in [0.1, 0.15) is 22.7 Å². The minimum absolute atomic E-state index is 0.0326. The minimum Gasteiger partial charge on any atom is -0.494 e. The number of carbonyl (C=O) groups is 2. The number of anilines is 1. The summed E-state index contributed by atoms with van der Waals surface area (Å²) < 4.78 is 24.4. The molecule has 0 aliphatic carbocycles. The van der Waals surface area contributed by atoms with E-state index in [4.69, 9.17) is 20.3 Å². The molecule has 5 N–H and O–H groups in total. The van der Waals surface area contributed by atoms with Gasteiger partial charge in [-0.3, -0.25) is 29.4 Å². The maximum Gasteiger partial charge on any atom is 0.524 e. The summed E-state index contributed by atoms with van der Waals surface area (Å²) in [6.45, 7) is 2.11. The third-order valence-corrected chi connectivity index (χ3v) is 5.99. The second-order valence-corrected chi connectivity index (χ2v) is 9.39. The van der Waals surface area contributed by atoms with Crippen LogP contribution in [0.5, 0.6) is 11.5 Å². The zero-order valence-electron chi connectivity index (χ0n) is 20.2. The van der Waals surface area contributed by atoms with Crippen LogP contribution in [-0.4, -0.2) is 48.0 Å². The van der Waals surface area contributed by atoms with Crippen molar-refractivity contribution in [3.63, 3.8) is 0 Å². The van der Waals surface area contributed by atoms with E-state index in [9.17, 15) is 14.2 Å². The summed E-state index contributed by atoms with van der Waals surface area (Å²) >= 11 is 0. The Morgan fingerprint density at radius 3 is 2.43 bits per heavy atom. The van der Waals surface area contributed by atoms with Gasteiger partial charge >= 0.3 is 7.82 Å². The quantitative estimate of drug-likeness (QED) is 0.236. The van der Waals surface area contributed by atoms with Gasteiger partial charge < -0.3 is 19.6 Å². The Bertz CT molecular complexity index is 1540. The number of aryl methyl sites for hydroxylation is 4. The number of nitrogens with one attached hydrogen (secondary N) is 1. The molecule has 4 rings (SSSR count).